The van der Waals surface area contributed by atoms with Crippen molar-refractivity contribution in [3.63, 3.8) is 0 Å². The molecule has 0 unspecified atom stereocenters. The van der Waals surface area contributed by atoms with Crippen LogP contribution in [0.4, 0.5) is 0 Å². The summed E-state index contributed by atoms with van der Waals surface area (Å²) >= 11 is 0. The fraction of sp³-hybridized carbons (Fsp3) is 0.333. The van der Waals surface area contributed by atoms with E-state index in [-0.39, 0.29) is 17.8 Å². The van der Waals surface area contributed by atoms with Crippen molar-refractivity contribution < 1.29 is 14.3 Å². The Balaban J connectivity index is 1.77. The van der Waals surface area contributed by atoms with Crippen LogP contribution in [0.5, 0.6) is 0 Å². The number of carbonyl (C=O) groups is 2. The number of methoxy groups -OCH3 is 1. The molecule has 0 saturated heterocycles. The lowest BCUT2D eigenvalue weighted by Gasteiger charge is -2.29. The number of hydrogen-bond donors (Lipinski definition) is 1. The van der Waals surface area contributed by atoms with Crippen LogP contribution in [0.2, 0.25) is 0 Å². The summed E-state index contributed by atoms with van der Waals surface area (Å²) in [7, 11) is 1.39. The number of hydrogen-bond acceptors (Lipinski definition) is 3. The first-order valence-electron chi connectivity index (χ1n) is 9.98. The van der Waals surface area contributed by atoms with Gasteiger partial charge in [-0.3, -0.25) is 4.79 Å². The molecular formula is C24H25NO3. The van der Waals surface area contributed by atoms with Crippen LogP contribution in [0, 0.1) is 5.92 Å². The van der Waals surface area contributed by atoms with Crippen molar-refractivity contribution in [3.8, 4) is 0 Å². The third-order valence-corrected chi connectivity index (χ3v) is 5.86. The molecule has 0 spiro atoms. The van der Waals surface area contributed by atoms with Crippen molar-refractivity contribution >= 4 is 33.4 Å². The Hall–Kier alpha value is -2.88. The summed E-state index contributed by atoms with van der Waals surface area (Å²) in [5.74, 6) is -0.440. The predicted octanol–water partition coefficient (Wildman–Crippen LogP) is 4.84. The van der Waals surface area contributed by atoms with Gasteiger partial charge in [-0.05, 0) is 46.4 Å². The first-order valence-corrected chi connectivity index (χ1v) is 9.98. The number of esters is 1. The van der Waals surface area contributed by atoms with E-state index in [2.05, 4.69) is 11.4 Å². The minimum Gasteiger partial charge on any atom is -0.467 e. The molecule has 0 radical (unpaired) electrons. The molecule has 4 rings (SSSR count). The number of benzene rings is 3. The molecule has 1 atom stereocenters. The van der Waals surface area contributed by atoms with Gasteiger partial charge in [0, 0.05) is 0 Å². The van der Waals surface area contributed by atoms with Crippen molar-refractivity contribution in [2.24, 2.45) is 5.92 Å². The normalized spacial score (nSPS) is 16.0. The smallest absolute Gasteiger partial charge is 0.328 e. The maximum Gasteiger partial charge on any atom is 0.328 e. The summed E-state index contributed by atoms with van der Waals surface area (Å²) in [6.45, 7) is 0. The molecular weight excluding hydrogens is 350 g/mol. The van der Waals surface area contributed by atoms with E-state index in [4.69, 9.17) is 4.74 Å². The van der Waals surface area contributed by atoms with Crippen molar-refractivity contribution in [3.05, 3.63) is 60.2 Å². The Bertz CT molecular complexity index is 967. The second-order valence-electron chi connectivity index (χ2n) is 7.57. The molecule has 0 aliphatic heterocycles. The average molecular weight is 375 g/mol. The lowest BCUT2D eigenvalue weighted by atomic mass is 9.83. The van der Waals surface area contributed by atoms with Gasteiger partial charge in [0.2, 0.25) is 0 Å². The second-order valence-corrected chi connectivity index (χ2v) is 7.57. The first-order chi connectivity index (χ1) is 13.7. The topological polar surface area (TPSA) is 55.4 Å². The Morgan fingerprint density at radius 1 is 0.929 bits per heavy atom. The number of amides is 1. The molecule has 0 aromatic heterocycles. The lowest BCUT2D eigenvalue weighted by Crippen LogP contribution is -2.47. The number of fused-ring (bicyclic) bond motifs is 2. The Morgan fingerprint density at radius 3 is 2.07 bits per heavy atom. The fourth-order valence-corrected chi connectivity index (χ4v) is 4.44. The van der Waals surface area contributed by atoms with E-state index in [9.17, 15) is 9.59 Å². The zero-order valence-corrected chi connectivity index (χ0v) is 16.1. The van der Waals surface area contributed by atoms with Crippen molar-refractivity contribution in [1.29, 1.82) is 0 Å². The zero-order chi connectivity index (χ0) is 19.5. The molecule has 0 heterocycles. The molecule has 3 aromatic carbocycles. The maximum absolute atomic E-state index is 13.4. The predicted molar refractivity (Wildman–Crippen MR) is 111 cm³/mol. The quantitative estimate of drug-likeness (QED) is 0.524. The number of rotatable bonds is 4. The Labute approximate surface area is 164 Å². The zero-order valence-electron chi connectivity index (χ0n) is 16.1. The summed E-state index contributed by atoms with van der Waals surface area (Å²) in [5.41, 5.74) is 0.624. The monoisotopic (exact) mass is 375 g/mol. The molecule has 1 N–H and O–H groups in total. The lowest BCUT2D eigenvalue weighted by molar-refractivity contribution is -0.144. The molecule has 1 amide bonds. The van der Waals surface area contributed by atoms with Gasteiger partial charge >= 0.3 is 5.97 Å². The number of carbonyl (C=O) groups excluding carboxylic acids is 2. The van der Waals surface area contributed by atoms with Gasteiger partial charge in [-0.2, -0.15) is 0 Å². The van der Waals surface area contributed by atoms with Gasteiger partial charge in [-0.25, -0.2) is 4.79 Å². The van der Waals surface area contributed by atoms with Gasteiger partial charge in [-0.15, -0.1) is 0 Å². The average Bonchev–Trinajstić information content (AvgIpc) is 2.75. The number of ether oxygens (including phenoxy) is 1. The molecule has 4 nitrogen and oxygen atoms in total. The molecule has 1 saturated carbocycles. The fourth-order valence-electron chi connectivity index (χ4n) is 4.44. The van der Waals surface area contributed by atoms with Crippen LogP contribution in [-0.4, -0.2) is 25.0 Å². The molecule has 1 fully saturated rings. The highest BCUT2D eigenvalue weighted by Gasteiger charge is 2.32. The third-order valence-electron chi connectivity index (χ3n) is 5.86. The van der Waals surface area contributed by atoms with Crippen LogP contribution in [0.1, 0.15) is 42.5 Å². The molecule has 144 valence electrons. The third kappa shape index (κ3) is 3.47. The van der Waals surface area contributed by atoms with Crippen LogP contribution >= 0.6 is 0 Å². The van der Waals surface area contributed by atoms with E-state index in [1.807, 2.05) is 48.5 Å². The van der Waals surface area contributed by atoms with Gasteiger partial charge in [-0.1, -0.05) is 67.8 Å². The van der Waals surface area contributed by atoms with Crippen molar-refractivity contribution in [2.45, 2.75) is 38.1 Å². The van der Waals surface area contributed by atoms with Gasteiger partial charge in [0.05, 0.1) is 12.7 Å². The minimum atomic E-state index is -0.601. The second kappa shape index (κ2) is 8.01. The highest BCUT2D eigenvalue weighted by atomic mass is 16.5. The van der Waals surface area contributed by atoms with Gasteiger partial charge in [0.15, 0.2) is 0 Å². The van der Waals surface area contributed by atoms with Crippen LogP contribution in [0.3, 0.4) is 0 Å². The van der Waals surface area contributed by atoms with E-state index < -0.39 is 6.04 Å². The summed E-state index contributed by atoms with van der Waals surface area (Å²) in [6.07, 6.45) is 5.25. The summed E-state index contributed by atoms with van der Waals surface area (Å²) in [6, 6.07) is 17.3. The summed E-state index contributed by atoms with van der Waals surface area (Å²) in [4.78, 5) is 25.9. The molecule has 28 heavy (non-hydrogen) atoms. The number of nitrogens with one attached hydrogen (secondary N) is 1. The van der Waals surface area contributed by atoms with Crippen LogP contribution in [0.15, 0.2) is 54.6 Å². The molecule has 1 aliphatic carbocycles. The van der Waals surface area contributed by atoms with Crippen LogP contribution < -0.4 is 5.32 Å². The first kappa shape index (κ1) is 18.5. The summed E-state index contributed by atoms with van der Waals surface area (Å²) < 4.78 is 5.02. The van der Waals surface area contributed by atoms with Gasteiger partial charge in [0.1, 0.15) is 6.04 Å². The molecule has 1 aliphatic rings. The van der Waals surface area contributed by atoms with Gasteiger partial charge < -0.3 is 10.1 Å². The largest absolute Gasteiger partial charge is 0.467 e. The molecule has 4 heteroatoms. The van der Waals surface area contributed by atoms with Crippen molar-refractivity contribution in [2.75, 3.05) is 7.11 Å². The van der Waals surface area contributed by atoms with Gasteiger partial charge in [0.25, 0.3) is 5.91 Å². The Morgan fingerprint density at radius 2 is 1.50 bits per heavy atom. The highest BCUT2D eigenvalue weighted by Crippen LogP contribution is 2.30. The van der Waals surface area contributed by atoms with E-state index in [1.165, 1.54) is 13.5 Å². The Kier molecular flexibility index (Phi) is 5.29. The molecule has 0 bridgehead atoms. The minimum absolute atomic E-state index is 0.131. The maximum atomic E-state index is 13.4. The standard InChI is InChI=1S/C24H25NO3/c1-28-24(27)22(16-9-3-2-4-10-16)25-23(26)21-19-13-7-5-11-17(19)15-18-12-6-8-14-20(18)21/h5-8,11-16,22H,2-4,9-10H2,1H3,(H,25,26)/t22-/m0/s1. The van der Waals surface area contributed by atoms with E-state index in [0.29, 0.717) is 5.56 Å². The highest BCUT2D eigenvalue weighted by molar-refractivity contribution is 6.18. The van der Waals surface area contributed by atoms with Crippen LogP contribution in [0.25, 0.3) is 21.5 Å². The van der Waals surface area contributed by atoms with E-state index in [1.54, 1.807) is 0 Å². The summed E-state index contributed by atoms with van der Waals surface area (Å²) in [5, 5.41) is 6.84. The molecule has 3 aromatic rings. The SMILES string of the molecule is COC(=O)[C@@H](NC(=O)c1c2ccccc2cc2ccccc12)C1CCCCC1. The van der Waals surface area contributed by atoms with Crippen LogP contribution in [-0.2, 0) is 9.53 Å². The van der Waals surface area contributed by atoms with E-state index in [0.717, 1.165) is 47.2 Å². The van der Waals surface area contributed by atoms with Crippen molar-refractivity contribution in [1.82, 2.24) is 5.32 Å². The van der Waals surface area contributed by atoms with E-state index >= 15 is 0 Å².